The molecule has 3 aromatic rings. The van der Waals surface area contributed by atoms with E-state index in [9.17, 15) is 4.79 Å². The van der Waals surface area contributed by atoms with Crippen LogP contribution in [-0.2, 0) is 6.42 Å². The van der Waals surface area contributed by atoms with Gasteiger partial charge in [-0.1, -0.05) is 34.8 Å². The van der Waals surface area contributed by atoms with Gasteiger partial charge in [0.1, 0.15) is 11.5 Å². The highest BCUT2D eigenvalue weighted by molar-refractivity contribution is 7.05. The molecule has 0 unspecified atom stereocenters. The molecule has 22 heavy (non-hydrogen) atoms. The van der Waals surface area contributed by atoms with Gasteiger partial charge in [-0.2, -0.15) is 0 Å². The van der Waals surface area contributed by atoms with Crippen molar-refractivity contribution in [2.45, 2.75) is 6.42 Å². The quantitative estimate of drug-likeness (QED) is 0.779. The maximum absolute atomic E-state index is 11.0. The molecule has 3 rings (SSSR count). The number of carboxylic acid groups (broad SMARTS) is 1. The number of nitrogens with zero attached hydrogens (tertiary/aromatic N) is 2. The standard InChI is InChI=1S/C16H12N2O3S/c19-16(20)15-14(22-18-17-15)10-11-6-8-13(9-7-11)21-12-4-2-1-3-5-12/h1-9H,10H2,(H,19,20). The normalized spacial score (nSPS) is 10.4. The van der Waals surface area contributed by atoms with Crippen LogP contribution in [0.5, 0.6) is 11.5 Å². The molecule has 0 spiro atoms. The lowest BCUT2D eigenvalue weighted by molar-refractivity contribution is 0.0689. The Labute approximate surface area is 131 Å². The van der Waals surface area contributed by atoms with Gasteiger partial charge in [-0.15, -0.1) is 5.10 Å². The van der Waals surface area contributed by atoms with E-state index in [1.54, 1.807) is 0 Å². The van der Waals surface area contributed by atoms with E-state index >= 15 is 0 Å². The van der Waals surface area contributed by atoms with Crippen molar-refractivity contribution in [2.75, 3.05) is 0 Å². The molecule has 110 valence electrons. The van der Waals surface area contributed by atoms with Gasteiger partial charge in [0.25, 0.3) is 0 Å². The van der Waals surface area contributed by atoms with Crippen molar-refractivity contribution in [1.82, 2.24) is 9.59 Å². The van der Waals surface area contributed by atoms with Crippen LogP contribution in [0.2, 0.25) is 0 Å². The van der Waals surface area contributed by atoms with Crippen LogP contribution in [0.15, 0.2) is 54.6 Å². The summed E-state index contributed by atoms with van der Waals surface area (Å²) in [6, 6.07) is 17.1. The maximum Gasteiger partial charge on any atom is 0.357 e. The summed E-state index contributed by atoms with van der Waals surface area (Å²) in [6.45, 7) is 0. The van der Waals surface area contributed by atoms with E-state index in [4.69, 9.17) is 9.84 Å². The van der Waals surface area contributed by atoms with Crippen LogP contribution in [-0.4, -0.2) is 20.7 Å². The molecule has 0 aliphatic heterocycles. The Morgan fingerprint density at radius 2 is 1.73 bits per heavy atom. The molecule has 1 aromatic heterocycles. The molecule has 0 saturated heterocycles. The van der Waals surface area contributed by atoms with Crippen LogP contribution in [0.3, 0.4) is 0 Å². The zero-order valence-corrected chi connectivity index (χ0v) is 12.3. The summed E-state index contributed by atoms with van der Waals surface area (Å²) in [5.74, 6) is 0.457. The number of hydrogen-bond donors (Lipinski definition) is 1. The number of rotatable bonds is 5. The Bertz CT molecular complexity index is 770. The lowest BCUT2D eigenvalue weighted by atomic mass is 10.1. The number of ether oxygens (including phenoxy) is 1. The highest BCUT2D eigenvalue weighted by atomic mass is 32.1. The van der Waals surface area contributed by atoms with Gasteiger partial charge in [-0.25, -0.2) is 4.79 Å². The van der Waals surface area contributed by atoms with E-state index in [-0.39, 0.29) is 5.69 Å². The Hall–Kier alpha value is -2.73. The predicted molar refractivity (Wildman–Crippen MR) is 82.6 cm³/mol. The van der Waals surface area contributed by atoms with Crippen molar-refractivity contribution in [3.05, 3.63) is 70.7 Å². The molecule has 5 nitrogen and oxygen atoms in total. The molecule has 2 aromatic carbocycles. The molecular formula is C16H12N2O3S. The van der Waals surface area contributed by atoms with Gasteiger partial charge in [-0.3, -0.25) is 0 Å². The SMILES string of the molecule is O=C(O)c1nnsc1Cc1ccc(Oc2ccccc2)cc1. The van der Waals surface area contributed by atoms with Crippen molar-refractivity contribution < 1.29 is 14.6 Å². The molecule has 0 aliphatic carbocycles. The van der Waals surface area contributed by atoms with Crippen molar-refractivity contribution in [2.24, 2.45) is 0 Å². The Morgan fingerprint density at radius 1 is 1.05 bits per heavy atom. The summed E-state index contributed by atoms with van der Waals surface area (Å²) < 4.78 is 9.41. The van der Waals surface area contributed by atoms with E-state index < -0.39 is 5.97 Å². The number of carboxylic acids is 1. The number of hydrogen-bond acceptors (Lipinski definition) is 5. The zero-order valence-electron chi connectivity index (χ0n) is 11.5. The first-order valence-electron chi connectivity index (χ1n) is 6.59. The zero-order chi connectivity index (χ0) is 15.4. The Morgan fingerprint density at radius 3 is 2.41 bits per heavy atom. The smallest absolute Gasteiger partial charge is 0.357 e. The maximum atomic E-state index is 11.0. The van der Waals surface area contributed by atoms with E-state index in [0.717, 1.165) is 28.6 Å². The molecule has 0 atom stereocenters. The van der Waals surface area contributed by atoms with Crippen molar-refractivity contribution in [3.63, 3.8) is 0 Å². The second kappa shape index (κ2) is 6.36. The van der Waals surface area contributed by atoms with Gasteiger partial charge in [-0.05, 0) is 41.4 Å². The van der Waals surface area contributed by atoms with E-state index in [1.807, 2.05) is 54.6 Å². The minimum atomic E-state index is -1.05. The molecular weight excluding hydrogens is 300 g/mol. The molecule has 0 fully saturated rings. The van der Waals surface area contributed by atoms with Crippen molar-refractivity contribution >= 4 is 17.5 Å². The average Bonchev–Trinajstić information content (AvgIpc) is 2.99. The molecule has 0 saturated carbocycles. The number of aromatic carboxylic acids is 1. The van der Waals surface area contributed by atoms with Crippen LogP contribution in [0.1, 0.15) is 20.9 Å². The fourth-order valence-electron chi connectivity index (χ4n) is 1.97. The predicted octanol–water partition coefficient (Wildman–Crippen LogP) is 3.62. The van der Waals surface area contributed by atoms with Crippen LogP contribution in [0.25, 0.3) is 0 Å². The van der Waals surface area contributed by atoms with Gasteiger partial charge in [0.2, 0.25) is 0 Å². The number of benzene rings is 2. The van der Waals surface area contributed by atoms with Crippen LogP contribution in [0, 0.1) is 0 Å². The fourth-order valence-corrected chi connectivity index (χ4v) is 2.64. The van der Waals surface area contributed by atoms with Crippen molar-refractivity contribution in [1.29, 1.82) is 0 Å². The molecule has 1 N–H and O–H groups in total. The second-order valence-corrected chi connectivity index (χ2v) is 5.42. The molecule has 6 heteroatoms. The first-order valence-corrected chi connectivity index (χ1v) is 7.36. The average molecular weight is 312 g/mol. The minimum Gasteiger partial charge on any atom is -0.476 e. The first kappa shape index (κ1) is 14.2. The molecule has 0 aliphatic rings. The molecule has 0 bridgehead atoms. The van der Waals surface area contributed by atoms with Crippen LogP contribution in [0.4, 0.5) is 0 Å². The number of aromatic nitrogens is 2. The summed E-state index contributed by atoms with van der Waals surface area (Å²) in [7, 11) is 0. The lowest BCUT2D eigenvalue weighted by Crippen LogP contribution is -2.01. The fraction of sp³-hybridized carbons (Fsp3) is 0.0625. The highest BCUT2D eigenvalue weighted by Crippen LogP contribution is 2.23. The molecule has 0 amide bonds. The van der Waals surface area contributed by atoms with E-state index in [2.05, 4.69) is 9.59 Å². The third-order valence-corrected chi connectivity index (χ3v) is 3.75. The summed E-state index contributed by atoms with van der Waals surface area (Å²) in [5, 5.41) is 12.7. The van der Waals surface area contributed by atoms with Gasteiger partial charge in [0.15, 0.2) is 5.69 Å². The minimum absolute atomic E-state index is 0.0228. The second-order valence-electron chi connectivity index (χ2n) is 4.59. The number of para-hydroxylation sites is 1. The Balaban J connectivity index is 1.72. The summed E-state index contributed by atoms with van der Waals surface area (Å²) in [5.41, 5.74) is 1.00. The monoisotopic (exact) mass is 312 g/mol. The van der Waals surface area contributed by atoms with Gasteiger partial charge in [0.05, 0.1) is 4.88 Å². The largest absolute Gasteiger partial charge is 0.476 e. The molecule has 0 radical (unpaired) electrons. The third kappa shape index (κ3) is 3.29. The number of carbonyl (C=O) groups is 1. The van der Waals surface area contributed by atoms with E-state index in [0.29, 0.717) is 11.3 Å². The van der Waals surface area contributed by atoms with E-state index in [1.165, 1.54) is 0 Å². The summed E-state index contributed by atoms with van der Waals surface area (Å²) in [6.07, 6.45) is 0.491. The third-order valence-electron chi connectivity index (χ3n) is 3.03. The topological polar surface area (TPSA) is 72.3 Å². The van der Waals surface area contributed by atoms with Crippen LogP contribution >= 0.6 is 11.5 Å². The summed E-state index contributed by atoms with van der Waals surface area (Å²) in [4.78, 5) is 11.7. The van der Waals surface area contributed by atoms with Crippen LogP contribution < -0.4 is 4.74 Å². The van der Waals surface area contributed by atoms with Gasteiger partial charge < -0.3 is 9.84 Å². The van der Waals surface area contributed by atoms with Gasteiger partial charge >= 0.3 is 5.97 Å². The highest BCUT2D eigenvalue weighted by Gasteiger charge is 2.15. The van der Waals surface area contributed by atoms with Gasteiger partial charge in [0, 0.05) is 6.42 Å². The molecule has 1 heterocycles. The summed E-state index contributed by atoms with van der Waals surface area (Å²) >= 11 is 1.11. The first-order chi connectivity index (χ1) is 10.7. The van der Waals surface area contributed by atoms with Crippen molar-refractivity contribution in [3.8, 4) is 11.5 Å². The Kier molecular flexibility index (Phi) is 4.11. The lowest BCUT2D eigenvalue weighted by Gasteiger charge is -2.06.